The van der Waals surface area contributed by atoms with Crippen LogP contribution in [0.15, 0.2) is 59.0 Å². The molecule has 3 heteroatoms. The Bertz CT molecular complexity index is 889. The third-order valence-electron chi connectivity index (χ3n) is 4.46. The van der Waals surface area contributed by atoms with Crippen LogP contribution in [0.1, 0.15) is 47.0 Å². The van der Waals surface area contributed by atoms with E-state index in [4.69, 9.17) is 4.42 Å². The highest BCUT2D eigenvalue weighted by Gasteiger charge is 2.13. The van der Waals surface area contributed by atoms with Gasteiger partial charge in [0.15, 0.2) is 5.76 Å². The molecule has 0 spiro atoms. The van der Waals surface area contributed by atoms with E-state index in [-0.39, 0.29) is 5.91 Å². The lowest BCUT2D eigenvalue weighted by Gasteiger charge is -2.07. The molecule has 3 nitrogen and oxygen atoms in total. The number of hydrogen-bond acceptors (Lipinski definition) is 2. The number of nitrogens with one attached hydrogen (secondary N) is 1. The molecule has 1 N–H and O–H groups in total. The van der Waals surface area contributed by atoms with Crippen LogP contribution in [0, 0.1) is 13.8 Å². The fourth-order valence-electron chi connectivity index (χ4n) is 2.65. The topological polar surface area (TPSA) is 42.2 Å². The lowest BCUT2D eigenvalue weighted by Crippen LogP contribution is -2.10. The van der Waals surface area contributed by atoms with Crippen LogP contribution in [0.5, 0.6) is 0 Å². The molecule has 2 aromatic carbocycles. The molecule has 0 saturated heterocycles. The van der Waals surface area contributed by atoms with E-state index in [1.54, 1.807) is 6.07 Å². The second-order valence-corrected chi connectivity index (χ2v) is 6.69. The van der Waals surface area contributed by atoms with Gasteiger partial charge in [-0.25, -0.2) is 0 Å². The van der Waals surface area contributed by atoms with E-state index in [9.17, 15) is 4.79 Å². The summed E-state index contributed by atoms with van der Waals surface area (Å²) in [6.45, 7) is 8.43. The summed E-state index contributed by atoms with van der Waals surface area (Å²) in [4.78, 5) is 12.4. The highest BCUT2D eigenvalue weighted by atomic mass is 16.3. The van der Waals surface area contributed by atoms with Gasteiger partial charge in [-0.1, -0.05) is 38.1 Å². The summed E-state index contributed by atoms with van der Waals surface area (Å²) in [5, 5.41) is 2.88. The second kappa shape index (κ2) is 6.98. The standard InChI is InChI=1S/C22H23NO2/c1-14(2)17-7-9-19(10-8-17)23-22(24)21-12-11-20(25-21)18-6-5-15(3)16(4)13-18/h5-14H,1-4H3,(H,23,24). The Morgan fingerprint density at radius 2 is 1.64 bits per heavy atom. The third-order valence-corrected chi connectivity index (χ3v) is 4.46. The SMILES string of the molecule is Cc1ccc(-c2ccc(C(=O)Nc3ccc(C(C)C)cc3)o2)cc1C. The van der Waals surface area contributed by atoms with Gasteiger partial charge < -0.3 is 9.73 Å². The number of rotatable bonds is 4. The molecule has 0 aliphatic carbocycles. The van der Waals surface area contributed by atoms with Gasteiger partial charge in [-0.15, -0.1) is 0 Å². The second-order valence-electron chi connectivity index (χ2n) is 6.69. The van der Waals surface area contributed by atoms with E-state index < -0.39 is 0 Å². The van der Waals surface area contributed by atoms with Crippen LogP contribution in [-0.2, 0) is 0 Å². The Balaban J connectivity index is 1.75. The van der Waals surface area contributed by atoms with Crippen LogP contribution in [0.25, 0.3) is 11.3 Å². The number of amides is 1. The zero-order chi connectivity index (χ0) is 18.0. The van der Waals surface area contributed by atoms with Crippen LogP contribution in [0.3, 0.4) is 0 Å². The predicted molar refractivity (Wildman–Crippen MR) is 102 cm³/mol. The summed E-state index contributed by atoms with van der Waals surface area (Å²) < 4.78 is 5.75. The maximum absolute atomic E-state index is 12.4. The van der Waals surface area contributed by atoms with Gasteiger partial charge in [-0.05, 0) is 66.8 Å². The molecule has 1 amide bonds. The van der Waals surface area contributed by atoms with Crippen LogP contribution in [0.4, 0.5) is 5.69 Å². The van der Waals surface area contributed by atoms with Gasteiger partial charge in [-0.2, -0.15) is 0 Å². The van der Waals surface area contributed by atoms with E-state index in [1.165, 1.54) is 16.7 Å². The summed E-state index contributed by atoms with van der Waals surface area (Å²) in [5.74, 6) is 1.23. The highest BCUT2D eigenvalue weighted by molar-refractivity contribution is 6.02. The van der Waals surface area contributed by atoms with Crippen LogP contribution in [0.2, 0.25) is 0 Å². The number of carbonyl (C=O) groups is 1. The van der Waals surface area contributed by atoms with Gasteiger partial charge in [0, 0.05) is 11.3 Å². The fourth-order valence-corrected chi connectivity index (χ4v) is 2.65. The van der Waals surface area contributed by atoms with Crippen LogP contribution < -0.4 is 5.32 Å². The smallest absolute Gasteiger partial charge is 0.291 e. The highest BCUT2D eigenvalue weighted by Crippen LogP contribution is 2.25. The van der Waals surface area contributed by atoms with Crippen molar-refractivity contribution >= 4 is 11.6 Å². The Morgan fingerprint density at radius 1 is 0.920 bits per heavy atom. The maximum atomic E-state index is 12.4. The van der Waals surface area contributed by atoms with Gasteiger partial charge in [0.05, 0.1) is 0 Å². The van der Waals surface area contributed by atoms with Crippen molar-refractivity contribution in [2.45, 2.75) is 33.6 Å². The van der Waals surface area contributed by atoms with Crippen molar-refractivity contribution in [2.24, 2.45) is 0 Å². The maximum Gasteiger partial charge on any atom is 0.291 e. The Hall–Kier alpha value is -2.81. The molecular formula is C22H23NO2. The first kappa shape index (κ1) is 17.0. The molecule has 25 heavy (non-hydrogen) atoms. The molecular weight excluding hydrogens is 310 g/mol. The summed E-state index contributed by atoms with van der Waals surface area (Å²) in [5.41, 5.74) is 5.42. The first-order valence-corrected chi connectivity index (χ1v) is 8.53. The van der Waals surface area contributed by atoms with E-state index in [2.05, 4.69) is 45.1 Å². The lowest BCUT2D eigenvalue weighted by molar-refractivity contribution is 0.0997. The van der Waals surface area contributed by atoms with Gasteiger partial charge in [-0.3, -0.25) is 4.79 Å². The minimum absolute atomic E-state index is 0.243. The lowest BCUT2D eigenvalue weighted by atomic mass is 10.0. The van der Waals surface area contributed by atoms with Gasteiger partial charge >= 0.3 is 0 Å². The minimum Gasteiger partial charge on any atom is -0.451 e. The molecule has 128 valence electrons. The van der Waals surface area contributed by atoms with Gasteiger partial charge in [0.25, 0.3) is 5.91 Å². The van der Waals surface area contributed by atoms with Crippen LogP contribution in [-0.4, -0.2) is 5.91 Å². The summed E-state index contributed by atoms with van der Waals surface area (Å²) in [6.07, 6.45) is 0. The third kappa shape index (κ3) is 3.82. The summed E-state index contributed by atoms with van der Waals surface area (Å²) in [6, 6.07) is 17.6. The molecule has 0 bridgehead atoms. The molecule has 0 aliphatic rings. The van der Waals surface area contributed by atoms with Crippen LogP contribution >= 0.6 is 0 Å². The van der Waals surface area contributed by atoms with E-state index in [0.717, 1.165) is 11.3 Å². The average molecular weight is 333 g/mol. The van der Waals surface area contributed by atoms with Crippen molar-refractivity contribution in [3.8, 4) is 11.3 Å². The molecule has 0 atom stereocenters. The van der Waals surface area contributed by atoms with Crippen molar-refractivity contribution in [3.63, 3.8) is 0 Å². The average Bonchev–Trinajstić information content (AvgIpc) is 3.08. The quantitative estimate of drug-likeness (QED) is 0.642. The summed E-state index contributed by atoms with van der Waals surface area (Å²) >= 11 is 0. The molecule has 0 aliphatic heterocycles. The van der Waals surface area contributed by atoms with Gasteiger partial charge in [0.1, 0.15) is 5.76 Å². The first-order chi connectivity index (χ1) is 11.9. The zero-order valence-corrected chi connectivity index (χ0v) is 15.1. The number of carbonyl (C=O) groups excluding carboxylic acids is 1. The molecule has 3 rings (SSSR count). The number of aryl methyl sites for hydroxylation is 2. The first-order valence-electron chi connectivity index (χ1n) is 8.53. The number of furan rings is 1. The molecule has 0 fully saturated rings. The van der Waals surface area contributed by atoms with E-state index >= 15 is 0 Å². The Labute approximate surface area is 148 Å². The van der Waals surface area contributed by atoms with Crippen molar-refractivity contribution < 1.29 is 9.21 Å². The van der Waals surface area contributed by atoms with Crippen molar-refractivity contribution in [1.82, 2.24) is 0 Å². The molecule has 3 aromatic rings. The number of benzene rings is 2. The molecule has 0 radical (unpaired) electrons. The normalized spacial score (nSPS) is 10.9. The number of hydrogen-bond donors (Lipinski definition) is 1. The molecule has 0 saturated carbocycles. The van der Waals surface area contributed by atoms with E-state index in [0.29, 0.717) is 17.4 Å². The van der Waals surface area contributed by atoms with Crippen molar-refractivity contribution in [1.29, 1.82) is 0 Å². The van der Waals surface area contributed by atoms with Crippen molar-refractivity contribution in [3.05, 3.63) is 77.0 Å². The Morgan fingerprint density at radius 3 is 2.28 bits per heavy atom. The molecule has 1 aromatic heterocycles. The molecule has 1 heterocycles. The monoisotopic (exact) mass is 333 g/mol. The largest absolute Gasteiger partial charge is 0.451 e. The zero-order valence-electron chi connectivity index (χ0n) is 15.1. The minimum atomic E-state index is -0.243. The summed E-state index contributed by atoms with van der Waals surface area (Å²) in [7, 11) is 0. The van der Waals surface area contributed by atoms with Crippen molar-refractivity contribution in [2.75, 3.05) is 5.32 Å². The van der Waals surface area contributed by atoms with Gasteiger partial charge in [0.2, 0.25) is 0 Å². The molecule has 0 unspecified atom stereocenters. The Kier molecular flexibility index (Phi) is 4.75. The number of anilines is 1. The van der Waals surface area contributed by atoms with E-state index in [1.807, 2.05) is 36.4 Å². The fraction of sp³-hybridized carbons (Fsp3) is 0.227. The predicted octanol–water partition coefficient (Wildman–Crippen LogP) is 5.94.